The summed E-state index contributed by atoms with van der Waals surface area (Å²) in [4.78, 5) is 13.4. The molecule has 1 unspecified atom stereocenters. The van der Waals surface area contributed by atoms with E-state index in [9.17, 15) is 18.3 Å². The molecule has 6 nitrogen and oxygen atoms in total. The van der Waals surface area contributed by atoms with E-state index in [1.807, 2.05) is 18.7 Å². The van der Waals surface area contributed by atoms with Crippen LogP contribution in [-0.2, 0) is 14.8 Å². The van der Waals surface area contributed by atoms with Crippen molar-refractivity contribution >= 4 is 16.0 Å². The van der Waals surface area contributed by atoms with Crippen LogP contribution in [0.2, 0.25) is 0 Å². The minimum absolute atomic E-state index is 0.146. The Morgan fingerprint density at radius 3 is 2.32 bits per heavy atom. The highest BCUT2D eigenvalue weighted by Crippen LogP contribution is 2.23. The minimum Gasteiger partial charge on any atom is -0.480 e. The van der Waals surface area contributed by atoms with Crippen molar-refractivity contribution in [2.75, 3.05) is 26.7 Å². The molecule has 0 radical (unpaired) electrons. The second kappa shape index (κ2) is 6.36. The number of likely N-dealkylation sites (N-methyl/N-ethyl adjacent to an activating group) is 1. The van der Waals surface area contributed by atoms with Crippen molar-refractivity contribution in [3.63, 3.8) is 0 Å². The number of hydrogen-bond donors (Lipinski definition) is 1. The standard InChI is InChI=1S/C15H22N2O4S/c1-11(2)12-4-6-13(7-5-12)22(20,21)17-9-8-16(3)10-14(17)15(18)19/h4-7,11,14H,8-10H2,1-3H3,(H,18,19). The molecule has 1 N–H and O–H groups in total. The van der Waals surface area contributed by atoms with Gasteiger partial charge in [-0.15, -0.1) is 0 Å². The average molecular weight is 326 g/mol. The van der Waals surface area contributed by atoms with E-state index in [4.69, 9.17) is 0 Å². The molecule has 7 heteroatoms. The first-order valence-electron chi connectivity index (χ1n) is 7.26. The lowest BCUT2D eigenvalue weighted by atomic mass is 10.0. The fourth-order valence-electron chi connectivity index (χ4n) is 2.55. The van der Waals surface area contributed by atoms with E-state index in [1.165, 1.54) is 0 Å². The van der Waals surface area contributed by atoms with Gasteiger partial charge in [-0.2, -0.15) is 4.31 Å². The zero-order chi connectivity index (χ0) is 16.5. The Morgan fingerprint density at radius 1 is 1.23 bits per heavy atom. The van der Waals surface area contributed by atoms with Crippen molar-refractivity contribution in [3.05, 3.63) is 29.8 Å². The van der Waals surface area contributed by atoms with Gasteiger partial charge in [0.1, 0.15) is 6.04 Å². The first-order chi connectivity index (χ1) is 10.2. The van der Waals surface area contributed by atoms with Crippen LogP contribution >= 0.6 is 0 Å². The third-order valence-corrected chi connectivity index (χ3v) is 5.90. The van der Waals surface area contributed by atoms with Crippen LogP contribution in [0.1, 0.15) is 25.3 Å². The van der Waals surface area contributed by atoms with Crippen LogP contribution in [0.5, 0.6) is 0 Å². The summed E-state index contributed by atoms with van der Waals surface area (Å²) in [6.07, 6.45) is 0. The molecule has 22 heavy (non-hydrogen) atoms. The first kappa shape index (κ1) is 16.9. The van der Waals surface area contributed by atoms with Gasteiger partial charge in [0.2, 0.25) is 10.0 Å². The van der Waals surface area contributed by atoms with E-state index in [0.717, 1.165) is 9.87 Å². The normalized spacial score (nSPS) is 21.2. The molecule has 2 rings (SSSR count). The molecule has 1 aromatic carbocycles. The lowest BCUT2D eigenvalue weighted by molar-refractivity contribution is -0.143. The number of aliphatic carboxylic acids is 1. The van der Waals surface area contributed by atoms with Crippen LogP contribution < -0.4 is 0 Å². The fourth-order valence-corrected chi connectivity index (χ4v) is 4.12. The van der Waals surface area contributed by atoms with Crippen molar-refractivity contribution < 1.29 is 18.3 Å². The minimum atomic E-state index is -3.80. The van der Waals surface area contributed by atoms with Gasteiger partial charge in [0.05, 0.1) is 4.90 Å². The molecule has 1 aromatic rings. The van der Waals surface area contributed by atoms with E-state index in [0.29, 0.717) is 12.5 Å². The van der Waals surface area contributed by atoms with E-state index in [2.05, 4.69) is 0 Å². The topological polar surface area (TPSA) is 77.9 Å². The van der Waals surface area contributed by atoms with Crippen LogP contribution in [0.25, 0.3) is 0 Å². The summed E-state index contributed by atoms with van der Waals surface area (Å²) in [5.74, 6) is -0.805. The van der Waals surface area contributed by atoms with E-state index in [1.54, 1.807) is 31.3 Å². The third-order valence-electron chi connectivity index (χ3n) is 3.97. The molecule has 0 amide bonds. The quantitative estimate of drug-likeness (QED) is 0.899. The number of nitrogens with zero attached hydrogens (tertiary/aromatic N) is 2. The van der Waals surface area contributed by atoms with Crippen LogP contribution in [0.3, 0.4) is 0 Å². The SMILES string of the molecule is CC(C)c1ccc(S(=O)(=O)N2CCN(C)CC2C(=O)O)cc1. The lowest BCUT2D eigenvalue weighted by Crippen LogP contribution is -2.57. The molecular formula is C15H22N2O4S. The number of benzene rings is 1. The van der Waals surface area contributed by atoms with Crippen LogP contribution in [0.4, 0.5) is 0 Å². The highest BCUT2D eigenvalue weighted by molar-refractivity contribution is 7.89. The van der Waals surface area contributed by atoms with E-state index in [-0.39, 0.29) is 18.0 Å². The second-order valence-electron chi connectivity index (χ2n) is 5.96. The number of carboxylic acids is 1. The fraction of sp³-hybridized carbons (Fsp3) is 0.533. The smallest absolute Gasteiger partial charge is 0.323 e. The van der Waals surface area contributed by atoms with Crippen LogP contribution in [0.15, 0.2) is 29.2 Å². The number of rotatable bonds is 4. The van der Waals surface area contributed by atoms with Crippen molar-refractivity contribution in [2.24, 2.45) is 0 Å². The Labute approximate surface area is 131 Å². The molecule has 0 aromatic heterocycles. The monoisotopic (exact) mass is 326 g/mol. The molecule has 0 saturated carbocycles. The number of hydrogen-bond acceptors (Lipinski definition) is 4. The van der Waals surface area contributed by atoms with Gasteiger partial charge in [0, 0.05) is 19.6 Å². The van der Waals surface area contributed by atoms with Gasteiger partial charge in [-0.3, -0.25) is 4.79 Å². The summed E-state index contributed by atoms with van der Waals surface area (Å²) >= 11 is 0. The lowest BCUT2D eigenvalue weighted by Gasteiger charge is -2.36. The molecule has 1 aliphatic rings. The van der Waals surface area contributed by atoms with Crippen molar-refractivity contribution in [3.8, 4) is 0 Å². The molecule has 1 atom stereocenters. The predicted octanol–water partition coefficient (Wildman–Crippen LogP) is 1.20. The Bertz CT molecular complexity index is 640. The van der Waals surface area contributed by atoms with Crippen LogP contribution in [-0.4, -0.2) is 61.4 Å². The number of carbonyl (C=O) groups is 1. The molecule has 0 spiro atoms. The van der Waals surface area contributed by atoms with Gasteiger partial charge in [0.15, 0.2) is 0 Å². The van der Waals surface area contributed by atoms with Crippen molar-refractivity contribution in [1.29, 1.82) is 0 Å². The largest absolute Gasteiger partial charge is 0.480 e. The Morgan fingerprint density at radius 2 is 1.82 bits per heavy atom. The molecule has 1 saturated heterocycles. The Balaban J connectivity index is 2.33. The molecule has 0 bridgehead atoms. The summed E-state index contributed by atoms with van der Waals surface area (Å²) < 4.78 is 26.6. The van der Waals surface area contributed by atoms with E-state index < -0.39 is 22.0 Å². The predicted molar refractivity (Wildman–Crippen MR) is 83.3 cm³/mol. The maximum Gasteiger partial charge on any atom is 0.323 e. The summed E-state index contributed by atoms with van der Waals surface area (Å²) in [6.45, 7) is 4.96. The second-order valence-corrected chi connectivity index (χ2v) is 7.85. The molecular weight excluding hydrogens is 304 g/mol. The average Bonchev–Trinajstić information content (AvgIpc) is 2.46. The maximum absolute atomic E-state index is 12.7. The van der Waals surface area contributed by atoms with Crippen molar-refractivity contribution in [2.45, 2.75) is 30.7 Å². The van der Waals surface area contributed by atoms with Gasteiger partial charge < -0.3 is 10.0 Å². The molecule has 122 valence electrons. The van der Waals surface area contributed by atoms with Gasteiger partial charge in [-0.1, -0.05) is 26.0 Å². The molecule has 1 aliphatic heterocycles. The van der Waals surface area contributed by atoms with Gasteiger partial charge in [-0.25, -0.2) is 8.42 Å². The zero-order valence-corrected chi connectivity index (χ0v) is 13.9. The Kier molecular flexibility index (Phi) is 4.89. The molecule has 0 aliphatic carbocycles. The first-order valence-corrected chi connectivity index (χ1v) is 8.70. The summed E-state index contributed by atoms with van der Waals surface area (Å²) in [5, 5.41) is 9.32. The van der Waals surface area contributed by atoms with Gasteiger partial charge >= 0.3 is 5.97 Å². The van der Waals surface area contributed by atoms with Crippen molar-refractivity contribution in [1.82, 2.24) is 9.21 Å². The highest BCUT2D eigenvalue weighted by Gasteiger charge is 2.39. The molecule has 1 heterocycles. The third kappa shape index (κ3) is 3.31. The van der Waals surface area contributed by atoms with Gasteiger partial charge in [0.25, 0.3) is 0 Å². The summed E-state index contributed by atoms with van der Waals surface area (Å²) in [7, 11) is -2.01. The van der Waals surface area contributed by atoms with E-state index >= 15 is 0 Å². The number of sulfonamides is 1. The highest BCUT2D eigenvalue weighted by atomic mass is 32.2. The molecule has 1 fully saturated rings. The Hall–Kier alpha value is -1.44. The maximum atomic E-state index is 12.7. The number of piperazine rings is 1. The number of carboxylic acid groups (broad SMARTS) is 1. The van der Waals surface area contributed by atoms with Gasteiger partial charge in [-0.05, 0) is 30.7 Å². The van der Waals surface area contributed by atoms with Crippen LogP contribution in [0, 0.1) is 0 Å². The summed E-state index contributed by atoms with van der Waals surface area (Å²) in [5.41, 5.74) is 1.05. The zero-order valence-electron chi connectivity index (χ0n) is 13.1. The summed E-state index contributed by atoms with van der Waals surface area (Å²) in [6, 6.07) is 5.63.